The Bertz CT molecular complexity index is 906. The molecule has 4 rings (SSSR count). The first-order chi connectivity index (χ1) is 14.8. The third-order valence-corrected chi connectivity index (χ3v) is 5.69. The number of alkyl halides is 3. The van der Waals surface area contributed by atoms with Crippen molar-refractivity contribution in [2.75, 3.05) is 26.3 Å². The predicted octanol–water partition coefficient (Wildman–Crippen LogP) is 3.38. The SMILES string of the molecule is O=C(NCc1ccccc1)C1CC2(CO1)CN(Cc1cccc(C(F)(F)F)c1)CCO2. The number of nitrogens with zero attached hydrogens (tertiary/aromatic N) is 1. The predicted molar refractivity (Wildman–Crippen MR) is 108 cm³/mol. The van der Waals surface area contributed by atoms with Gasteiger partial charge in [0, 0.05) is 32.6 Å². The Morgan fingerprint density at radius 1 is 1.13 bits per heavy atom. The van der Waals surface area contributed by atoms with Crippen molar-refractivity contribution >= 4 is 5.91 Å². The van der Waals surface area contributed by atoms with Gasteiger partial charge in [-0.2, -0.15) is 13.2 Å². The molecule has 8 heteroatoms. The minimum Gasteiger partial charge on any atom is -0.370 e. The molecule has 2 aliphatic rings. The summed E-state index contributed by atoms with van der Waals surface area (Å²) in [5.74, 6) is -0.181. The van der Waals surface area contributed by atoms with Crippen LogP contribution in [0.2, 0.25) is 0 Å². The van der Waals surface area contributed by atoms with E-state index < -0.39 is 23.4 Å². The monoisotopic (exact) mass is 434 g/mol. The van der Waals surface area contributed by atoms with Crippen molar-refractivity contribution in [3.05, 3.63) is 71.3 Å². The summed E-state index contributed by atoms with van der Waals surface area (Å²) < 4.78 is 50.7. The molecule has 2 saturated heterocycles. The van der Waals surface area contributed by atoms with Gasteiger partial charge in [-0.25, -0.2) is 0 Å². The van der Waals surface area contributed by atoms with E-state index in [-0.39, 0.29) is 12.5 Å². The fourth-order valence-electron chi connectivity index (χ4n) is 4.15. The fraction of sp³-hybridized carbons (Fsp3) is 0.435. The molecule has 166 valence electrons. The topological polar surface area (TPSA) is 50.8 Å². The number of hydrogen-bond donors (Lipinski definition) is 1. The maximum atomic E-state index is 13.0. The number of morpholine rings is 1. The van der Waals surface area contributed by atoms with Gasteiger partial charge in [0.1, 0.15) is 11.7 Å². The maximum absolute atomic E-state index is 13.0. The minimum absolute atomic E-state index is 0.181. The van der Waals surface area contributed by atoms with Gasteiger partial charge in [0.15, 0.2) is 0 Å². The zero-order chi connectivity index (χ0) is 21.9. The molecule has 1 spiro atoms. The van der Waals surface area contributed by atoms with E-state index in [1.54, 1.807) is 6.07 Å². The summed E-state index contributed by atoms with van der Waals surface area (Å²) in [6.45, 7) is 2.67. The van der Waals surface area contributed by atoms with Crippen LogP contribution in [0.1, 0.15) is 23.1 Å². The fourth-order valence-corrected chi connectivity index (χ4v) is 4.15. The summed E-state index contributed by atoms with van der Waals surface area (Å²) >= 11 is 0. The Kier molecular flexibility index (Phi) is 6.31. The molecule has 0 radical (unpaired) electrons. The number of hydrogen-bond acceptors (Lipinski definition) is 4. The molecule has 31 heavy (non-hydrogen) atoms. The standard InChI is InChI=1S/C23H25F3N2O3/c24-23(25,26)19-8-4-7-18(11-19)14-28-9-10-31-22(15-28)12-20(30-16-22)21(29)27-13-17-5-2-1-3-6-17/h1-8,11,20H,9-10,12-16H2,(H,27,29). The van der Waals surface area contributed by atoms with Crippen LogP contribution in [0, 0.1) is 0 Å². The number of nitrogens with one attached hydrogen (secondary N) is 1. The molecule has 2 fully saturated rings. The van der Waals surface area contributed by atoms with Crippen LogP contribution in [-0.2, 0) is 33.5 Å². The molecule has 2 aromatic rings. The molecular formula is C23H25F3N2O3. The van der Waals surface area contributed by atoms with Crippen LogP contribution in [0.15, 0.2) is 54.6 Å². The molecule has 0 aliphatic carbocycles. The highest BCUT2D eigenvalue weighted by Gasteiger charge is 2.46. The normalized spacial score (nSPS) is 24.4. The number of halogens is 3. The lowest BCUT2D eigenvalue weighted by atomic mass is 9.96. The van der Waals surface area contributed by atoms with Gasteiger partial charge in [0.2, 0.25) is 5.91 Å². The average Bonchev–Trinajstić information content (AvgIpc) is 3.15. The molecule has 0 bridgehead atoms. The molecule has 2 heterocycles. The molecule has 1 amide bonds. The molecule has 2 aliphatic heterocycles. The van der Waals surface area contributed by atoms with Crippen LogP contribution >= 0.6 is 0 Å². The first kappa shape index (κ1) is 21.8. The zero-order valence-corrected chi connectivity index (χ0v) is 17.0. The van der Waals surface area contributed by atoms with Crippen molar-refractivity contribution in [2.45, 2.75) is 37.4 Å². The Morgan fingerprint density at radius 2 is 1.90 bits per heavy atom. The van der Waals surface area contributed by atoms with Gasteiger partial charge in [-0.05, 0) is 17.2 Å². The van der Waals surface area contributed by atoms with Crippen LogP contribution in [0.25, 0.3) is 0 Å². The number of carbonyl (C=O) groups excluding carboxylic acids is 1. The third kappa shape index (κ3) is 5.44. The lowest BCUT2D eigenvalue weighted by Crippen LogP contribution is -2.52. The van der Waals surface area contributed by atoms with E-state index in [1.165, 1.54) is 12.1 Å². The van der Waals surface area contributed by atoms with Crippen molar-refractivity contribution < 1.29 is 27.4 Å². The van der Waals surface area contributed by atoms with Gasteiger partial charge in [-0.15, -0.1) is 0 Å². The van der Waals surface area contributed by atoms with Crippen LogP contribution in [0.5, 0.6) is 0 Å². The molecule has 2 aromatic carbocycles. The van der Waals surface area contributed by atoms with E-state index in [0.717, 1.165) is 11.6 Å². The van der Waals surface area contributed by atoms with E-state index in [4.69, 9.17) is 9.47 Å². The van der Waals surface area contributed by atoms with Crippen molar-refractivity contribution in [3.63, 3.8) is 0 Å². The summed E-state index contributed by atoms with van der Waals surface area (Å²) in [5, 5.41) is 2.89. The summed E-state index contributed by atoms with van der Waals surface area (Å²) in [5.41, 5.74) is 0.342. The van der Waals surface area contributed by atoms with Gasteiger partial charge < -0.3 is 14.8 Å². The van der Waals surface area contributed by atoms with Crippen molar-refractivity contribution in [1.29, 1.82) is 0 Å². The second-order valence-corrected chi connectivity index (χ2v) is 8.15. The van der Waals surface area contributed by atoms with Gasteiger partial charge in [0.25, 0.3) is 0 Å². The lowest BCUT2D eigenvalue weighted by molar-refractivity contribution is -0.137. The second kappa shape index (κ2) is 8.98. The molecule has 2 atom stereocenters. The van der Waals surface area contributed by atoms with Crippen LogP contribution in [0.3, 0.4) is 0 Å². The smallest absolute Gasteiger partial charge is 0.370 e. The van der Waals surface area contributed by atoms with Gasteiger partial charge in [-0.1, -0.05) is 48.5 Å². The number of amides is 1. The Hall–Kier alpha value is -2.42. The summed E-state index contributed by atoms with van der Waals surface area (Å²) in [6.07, 6.45) is -4.54. The van der Waals surface area contributed by atoms with Gasteiger partial charge >= 0.3 is 6.18 Å². The van der Waals surface area contributed by atoms with Crippen molar-refractivity contribution in [1.82, 2.24) is 10.2 Å². The molecular weight excluding hydrogens is 409 g/mol. The number of carbonyl (C=O) groups is 1. The number of benzene rings is 2. The molecule has 0 saturated carbocycles. The Balaban J connectivity index is 1.33. The highest BCUT2D eigenvalue weighted by Crippen LogP contribution is 2.33. The summed E-state index contributed by atoms with van der Waals surface area (Å²) in [4.78, 5) is 14.6. The number of ether oxygens (including phenoxy) is 2. The molecule has 0 aromatic heterocycles. The van der Waals surface area contributed by atoms with Gasteiger partial charge in [-0.3, -0.25) is 9.69 Å². The van der Waals surface area contributed by atoms with E-state index in [0.29, 0.717) is 44.8 Å². The molecule has 2 unspecified atom stereocenters. The molecule has 5 nitrogen and oxygen atoms in total. The molecule has 1 N–H and O–H groups in total. The van der Waals surface area contributed by atoms with Crippen molar-refractivity contribution in [2.24, 2.45) is 0 Å². The highest BCUT2D eigenvalue weighted by atomic mass is 19.4. The quantitative estimate of drug-likeness (QED) is 0.784. The van der Waals surface area contributed by atoms with E-state index in [1.807, 2.05) is 30.3 Å². The zero-order valence-electron chi connectivity index (χ0n) is 17.0. The van der Waals surface area contributed by atoms with Crippen molar-refractivity contribution in [3.8, 4) is 0 Å². The summed E-state index contributed by atoms with van der Waals surface area (Å²) in [6, 6.07) is 15.0. The Morgan fingerprint density at radius 3 is 2.68 bits per heavy atom. The van der Waals surface area contributed by atoms with Gasteiger partial charge in [0.05, 0.1) is 18.8 Å². The largest absolute Gasteiger partial charge is 0.416 e. The lowest BCUT2D eigenvalue weighted by Gasteiger charge is -2.39. The Labute approximate surface area is 179 Å². The van der Waals surface area contributed by atoms with Crippen LogP contribution < -0.4 is 5.32 Å². The average molecular weight is 434 g/mol. The minimum atomic E-state index is -4.36. The highest BCUT2D eigenvalue weighted by molar-refractivity contribution is 5.81. The van der Waals surface area contributed by atoms with Crippen LogP contribution in [0.4, 0.5) is 13.2 Å². The first-order valence-corrected chi connectivity index (χ1v) is 10.3. The summed E-state index contributed by atoms with van der Waals surface area (Å²) in [7, 11) is 0. The van der Waals surface area contributed by atoms with E-state index in [9.17, 15) is 18.0 Å². The van der Waals surface area contributed by atoms with E-state index >= 15 is 0 Å². The first-order valence-electron chi connectivity index (χ1n) is 10.3. The number of rotatable bonds is 5. The second-order valence-electron chi connectivity index (χ2n) is 8.15. The third-order valence-electron chi connectivity index (χ3n) is 5.69. The van der Waals surface area contributed by atoms with Crippen LogP contribution in [-0.4, -0.2) is 48.8 Å². The maximum Gasteiger partial charge on any atom is 0.416 e. The van der Waals surface area contributed by atoms with E-state index in [2.05, 4.69) is 10.2 Å².